The van der Waals surface area contributed by atoms with E-state index in [0.29, 0.717) is 0 Å². The van der Waals surface area contributed by atoms with Gasteiger partial charge in [-0.15, -0.1) is 0 Å². The monoisotopic (exact) mass is 256 g/mol. The quantitative estimate of drug-likeness (QED) is 0.812. The number of urea groups is 1. The number of rotatable bonds is 3. The maximum absolute atomic E-state index is 12.0. The lowest BCUT2D eigenvalue weighted by Crippen LogP contribution is -2.55. The van der Waals surface area contributed by atoms with Crippen LogP contribution < -0.4 is 5.32 Å². The molecule has 1 saturated carbocycles. The molecule has 0 bridgehead atoms. The van der Waals surface area contributed by atoms with Crippen molar-refractivity contribution in [2.75, 3.05) is 7.05 Å². The SMILES string of the molecule is CC1CCC(NC(=O)N(C)C(C)(C)C(=O)O)CC1. The smallest absolute Gasteiger partial charge is 0.329 e. The molecule has 0 radical (unpaired) electrons. The van der Waals surface area contributed by atoms with Crippen molar-refractivity contribution in [2.45, 2.75) is 58.0 Å². The van der Waals surface area contributed by atoms with E-state index in [1.54, 1.807) is 0 Å². The Morgan fingerprint density at radius 2 is 1.72 bits per heavy atom. The second-order valence-corrected chi connectivity index (χ2v) is 5.83. The molecule has 18 heavy (non-hydrogen) atoms. The molecule has 0 saturated heterocycles. The van der Waals surface area contributed by atoms with Gasteiger partial charge in [-0.25, -0.2) is 9.59 Å². The maximum atomic E-state index is 12.0. The van der Waals surface area contributed by atoms with Gasteiger partial charge in [0, 0.05) is 13.1 Å². The number of aliphatic carboxylic acids is 1. The van der Waals surface area contributed by atoms with Crippen LogP contribution in [0.2, 0.25) is 0 Å². The number of nitrogens with one attached hydrogen (secondary N) is 1. The third-order valence-corrected chi connectivity index (χ3v) is 4.01. The lowest BCUT2D eigenvalue weighted by Gasteiger charge is -2.34. The number of carboxylic acids is 1. The van der Waals surface area contributed by atoms with Crippen molar-refractivity contribution >= 4 is 12.0 Å². The minimum Gasteiger partial charge on any atom is -0.480 e. The van der Waals surface area contributed by atoms with Gasteiger partial charge in [0.2, 0.25) is 0 Å². The molecule has 2 amide bonds. The summed E-state index contributed by atoms with van der Waals surface area (Å²) in [6.07, 6.45) is 4.20. The summed E-state index contributed by atoms with van der Waals surface area (Å²) in [5.41, 5.74) is -1.19. The van der Waals surface area contributed by atoms with E-state index in [4.69, 9.17) is 5.11 Å². The van der Waals surface area contributed by atoms with E-state index in [-0.39, 0.29) is 12.1 Å². The maximum Gasteiger partial charge on any atom is 0.329 e. The number of carbonyl (C=O) groups excluding carboxylic acids is 1. The molecule has 5 nitrogen and oxygen atoms in total. The number of likely N-dealkylation sites (N-methyl/N-ethyl adjacent to an activating group) is 1. The topological polar surface area (TPSA) is 69.6 Å². The van der Waals surface area contributed by atoms with Crippen LogP contribution in [0.25, 0.3) is 0 Å². The van der Waals surface area contributed by atoms with Crippen LogP contribution in [0.15, 0.2) is 0 Å². The van der Waals surface area contributed by atoms with E-state index < -0.39 is 11.5 Å². The van der Waals surface area contributed by atoms with E-state index in [2.05, 4.69) is 12.2 Å². The first-order valence-corrected chi connectivity index (χ1v) is 6.53. The largest absolute Gasteiger partial charge is 0.480 e. The minimum atomic E-state index is -1.19. The Hall–Kier alpha value is -1.26. The van der Waals surface area contributed by atoms with Gasteiger partial charge in [-0.1, -0.05) is 6.92 Å². The predicted molar refractivity (Wildman–Crippen MR) is 69.4 cm³/mol. The molecule has 5 heteroatoms. The highest BCUT2D eigenvalue weighted by Gasteiger charge is 2.36. The van der Waals surface area contributed by atoms with Crippen molar-refractivity contribution in [2.24, 2.45) is 5.92 Å². The zero-order chi connectivity index (χ0) is 13.9. The highest BCUT2D eigenvalue weighted by molar-refractivity contribution is 5.85. The fourth-order valence-electron chi connectivity index (χ4n) is 2.07. The lowest BCUT2D eigenvalue weighted by atomic mass is 9.87. The van der Waals surface area contributed by atoms with Crippen LogP contribution in [0, 0.1) is 5.92 Å². The van der Waals surface area contributed by atoms with Crippen LogP contribution in [0.4, 0.5) is 4.79 Å². The van der Waals surface area contributed by atoms with Gasteiger partial charge in [0.25, 0.3) is 0 Å². The molecule has 0 aliphatic heterocycles. The Kier molecular flexibility index (Phi) is 4.59. The molecule has 0 atom stereocenters. The van der Waals surface area contributed by atoms with Crippen LogP contribution in [0.3, 0.4) is 0 Å². The van der Waals surface area contributed by atoms with Gasteiger partial charge in [-0.05, 0) is 45.4 Å². The van der Waals surface area contributed by atoms with Crippen molar-refractivity contribution in [1.82, 2.24) is 10.2 Å². The summed E-state index contributed by atoms with van der Waals surface area (Å²) < 4.78 is 0. The van der Waals surface area contributed by atoms with Gasteiger partial charge in [0.15, 0.2) is 0 Å². The highest BCUT2D eigenvalue weighted by atomic mass is 16.4. The Bertz CT molecular complexity index is 320. The summed E-state index contributed by atoms with van der Waals surface area (Å²) in [4.78, 5) is 24.3. The summed E-state index contributed by atoms with van der Waals surface area (Å²) in [5.74, 6) is -0.274. The molecular weight excluding hydrogens is 232 g/mol. The minimum absolute atomic E-state index is 0.181. The normalized spacial score (nSPS) is 24.4. The fraction of sp³-hybridized carbons (Fsp3) is 0.846. The summed E-state index contributed by atoms with van der Waals surface area (Å²) in [5, 5.41) is 12.0. The fourth-order valence-corrected chi connectivity index (χ4v) is 2.07. The highest BCUT2D eigenvalue weighted by Crippen LogP contribution is 2.24. The number of hydrogen-bond acceptors (Lipinski definition) is 2. The average Bonchev–Trinajstić information content (AvgIpc) is 2.30. The first kappa shape index (κ1) is 14.8. The van der Waals surface area contributed by atoms with E-state index in [0.717, 1.165) is 31.6 Å². The molecular formula is C13H24N2O3. The zero-order valence-corrected chi connectivity index (χ0v) is 11.7. The summed E-state index contributed by atoms with van der Waals surface area (Å²) in [6, 6.07) is -0.123. The van der Waals surface area contributed by atoms with Crippen LogP contribution in [0.1, 0.15) is 46.5 Å². The van der Waals surface area contributed by atoms with Crippen LogP contribution in [-0.2, 0) is 4.79 Å². The zero-order valence-electron chi connectivity index (χ0n) is 11.7. The van der Waals surface area contributed by atoms with Crippen molar-refractivity contribution in [1.29, 1.82) is 0 Å². The molecule has 2 N–H and O–H groups in total. The molecule has 1 aliphatic carbocycles. The summed E-state index contributed by atoms with van der Waals surface area (Å²) in [7, 11) is 1.52. The average molecular weight is 256 g/mol. The van der Waals surface area contributed by atoms with Gasteiger partial charge in [-0.2, -0.15) is 0 Å². The summed E-state index contributed by atoms with van der Waals surface area (Å²) >= 11 is 0. The van der Waals surface area contributed by atoms with Crippen molar-refractivity contribution in [3.05, 3.63) is 0 Å². The molecule has 0 aromatic heterocycles. The molecule has 0 heterocycles. The third kappa shape index (κ3) is 3.37. The lowest BCUT2D eigenvalue weighted by molar-refractivity contribution is -0.146. The second kappa shape index (κ2) is 5.59. The van der Waals surface area contributed by atoms with Gasteiger partial charge < -0.3 is 15.3 Å². The molecule has 104 valence electrons. The number of amides is 2. The third-order valence-electron chi connectivity index (χ3n) is 4.01. The van der Waals surface area contributed by atoms with Crippen molar-refractivity contribution in [3.63, 3.8) is 0 Å². The summed E-state index contributed by atoms with van der Waals surface area (Å²) in [6.45, 7) is 5.27. The first-order valence-electron chi connectivity index (χ1n) is 6.53. The van der Waals surface area contributed by atoms with E-state index in [1.165, 1.54) is 25.8 Å². The van der Waals surface area contributed by atoms with Crippen LogP contribution in [0.5, 0.6) is 0 Å². The molecule has 0 aromatic carbocycles. The second-order valence-electron chi connectivity index (χ2n) is 5.83. The van der Waals surface area contributed by atoms with Gasteiger partial charge in [0.1, 0.15) is 5.54 Å². The molecule has 0 spiro atoms. The molecule has 1 aliphatic rings. The van der Waals surface area contributed by atoms with E-state index in [9.17, 15) is 9.59 Å². The Balaban J connectivity index is 2.52. The Morgan fingerprint density at radius 3 is 2.17 bits per heavy atom. The number of carboxylic acid groups (broad SMARTS) is 1. The van der Waals surface area contributed by atoms with Gasteiger partial charge in [0.05, 0.1) is 0 Å². The Morgan fingerprint density at radius 1 is 1.22 bits per heavy atom. The van der Waals surface area contributed by atoms with Gasteiger partial charge in [-0.3, -0.25) is 0 Å². The van der Waals surface area contributed by atoms with Crippen molar-refractivity contribution in [3.8, 4) is 0 Å². The first-order chi connectivity index (χ1) is 8.25. The Labute approximate surface area is 109 Å². The number of nitrogens with zero attached hydrogens (tertiary/aromatic N) is 1. The standard InChI is InChI=1S/C13H24N2O3/c1-9-5-7-10(8-6-9)14-12(18)15(4)13(2,3)11(16)17/h9-10H,5-8H2,1-4H3,(H,14,18)(H,16,17). The number of hydrogen-bond donors (Lipinski definition) is 2. The predicted octanol–water partition coefficient (Wildman–Crippen LogP) is 2.07. The van der Waals surface area contributed by atoms with E-state index >= 15 is 0 Å². The van der Waals surface area contributed by atoms with Crippen LogP contribution in [-0.4, -0.2) is 40.6 Å². The number of carbonyl (C=O) groups is 2. The molecule has 1 fully saturated rings. The molecule has 0 unspecified atom stereocenters. The van der Waals surface area contributed by atoms with Crippen LogP contribution >= 0.6 is 0 Å². The van der Waals surface area contributed by atoms with Crippen molar-refractivity contribution < 1.29 is 14.7 Å². The molecule has 1 rings (SSSR count). The van der Waals surface area contributed by atoms with Gasteiger partial charge >= 0.3 is 12.0 Å². The molecule has 0 aromatic rings. The van der Waals surface area contributed by atoms with E-state index in [1.807, 2.05) is 0 Å².